The highest BCUT2D eigenvalue weighted by atomic mass is 35.5. The lowest BCUT2D eigenvalue weighted by molar-refractivity contribution is -0.131. The maximum Gasteiger partial charge on any atom is 0.223 e. The van der Waals surface area contributed by atoms with Crippen LogP contribution in [0, 0.1) is 0 Å². The van der Waals surface area contributed by atoms with Gasteiger partial charge in [0.25, 0.3) is 0 Å². The lowest BCUT2D eigenvalue weighted by atomic mass is 10.1. The molecule has 0 aromatic heterocycles. The minimum absolute atomic E-state index is 0.234. The summed E-state index contributed by atoms with van der Waals surface area (Å²) in [5, 5.41) is 3.64. The number of carbonyl (C=O) groups excluding carboxylic acids is 1. The number of rotatable bonds is 5. The number of halogens is 2. The molecular formula is C11H18Cl2N2O. The molecule has 0 aromatic carbocycles. The largest absolute Gasteiger partial charge is 0.343 e. The first-order chi connectivity index (χ1) is 7.74. The summed E-state index contributed by atoms with van der Waals surface area (Å²) in [4.78, 5) is 13.7. The van der Waals surface area contributed by atoms with Gasteiger partial charge in [0.1, 0.15) is 0 Å². The van der Waals surface area contributed by atoms with Gasteiger partial charge in [0.05, 0.1) is 0 Å². The molecule has 0 radical (unpaired) electrons. The minimum Gasteiger partial charge on any atom is -0.343 e. The van der Waals surface area contributed by atoms with Crippen molar-refractivity contribution in [3.63, 3.8) is 0 Å². The van der Waals surface area contributed by atoms with E-state index >= 15 is 0 Å². The zero-order valence-corrected chi connectivity index (χ0v) is 10.9. The van der Waals surface area contributed by atoms with Crippen LogP contribution in [0.5, 0.6) is 0 Å². The predicted octanol–water partition coefficient (Wildman–Crippen LogP) is 2.30. The van der Waals surface area contributed by atoms with Crippen LogP contribution in [0.3, 0.4) is 0 Å². The summed E-state index contributed by atoms with van der Waals surface area (Å²) in [5.74, 6) is 0.234. The highest BCUT2D eigenvalue weighted by Crippen LogP contribution is 2.09. The molecule has 0 aromatic rings. The van der Waals surface area contributed by atoms with E-state index in [2.05, 4.69) is 5.32 Å². The number of nitrogens with one attached hydrogen (secondary N) is 1. The van der Waals surface area contributed by atoms with E-state index in [1.807, 2.05) is 4.90 Å². The van der Waals surface area contributed by atoms with Crippen molar-refractivity contribution >= 4 is 29.1 Å². The fraction of sp³-hybridized carbons (Fsp3) is 0.727. The summed E-state index contributed by atoms with van der Waals surface area (Å²) in [6.07, 6.45) is 4.06. The molecule has 0 unspecified atom stereocenters. The molecule has 0 saturated carbocycles. The number of nitrogens with zero attached hydrogens (tertiary/aromatic N) is 1. The highest BCUT2D eigenvalue weighted by Gasteiger charge is 2.15. The average molecular weight is 265 g/mol. The third-order valence-corrected chi connectivity index (χ3v) is 3.25. The Hall–Kier alpha value is -0.250. The first-order valence-electron chi connectivity index (χ1n) is 5.67. The van der Waals surface area contributed by atoms with Gasteiger partial charge < -0.3 is 10.2 Å². The van der Waals surface area contributed by atoms with Crippen LogP contribution in [0.25, 0.3) is 0 Å². The van der Waals surface area contributed by atoms with Crippen LogP contribution in [0.15, 0.2) is 10.6 Å². The molecule has 3 nitrogen and oxygen atoms in total. The van der Waals surface area contributed by atoms with Crippen molar-refractivity contribution in [2.24, 2.45) is 0 Å². The van der Waals surface area contributed by atoms with Gasteiger partial charge in [-0.25, -0.2) is 0 Å². The third kappa shape index (κ3) is 5.19. The van der Waals surface area contributed by atoms with Crippen molar-refractivity contribution in [2.75, 3.05) is 26.2 Å². The standard InChI is InChI=1S/C11H18Cl2N2O/c12-8-10(13)9-14-5-4-11(16)15-6-2-1-3-7-15/h8,14H,1-7,9H2/b10-8+. The first-order valence-corrected chi connectivity index (χ1v) is 6.48. The Morgan fingerprint density at radius 1 is 1.31 bits per heavy atom. The zero-order valence-electron chi connectivity index (χ0n) is 9.35. The summed E-state index contributed by atoms with van der Waals surface area (Å²) >= 11 is 11.1. The van der Waals surface area contributed by atoms with Crippen molar-refractivity contribution in [3.05, 3.63) is 10.6 Å². The van der Waals surface area contributed by atoms with E-state index in [9.17, 15) is 4.79 Å². The van der Waals surface area contributed by atoms with Gasteiger partial charge in [0.15, 0.2) is 0 Å². The lowest BCUT2D eigenvalue weighted by Crippen LogP contribution is -2.37. The number of hydrogen-bond acceptors (Lipinski definition) is 2. The van der Waals surface area contributed by atoms with Crippen LogP contribution in [0.2, 0.25) is 0 Å². The maximum atomic E-state index is 11.7. The van der Waals surface area contributed by atoms with E-state index < -0.39 is 0 Å². The third-order valence-electron chi connectivity index (χ3n) is 2.64. The molecular weight excluding hydrogens is 247 g/mol. The van der Waals surface area contributed by atoms with Crippen LogP contribution in [0.4, 0.5) is 0 Å². The summed E-state index contributed by atoms with van der Waals surface area (Å²) in [6.45, 7) is 3.01. The predicted molar refractivity (Wildman–Crippen MR) is 67.7 cm³/mol. The molecule has 0 atom stereocenters. The van der Waals surface area contributed by atoms with Gasteiger partial charge in [-0.15, -0.1) is 0 Å². The molecule has 0 aliphatic carbocycles. The van der Waals surface area contributed by atoms with E-state index in [-0.39, 0.29) is 5.91 Å². The molecule has 1 aliphatic rings. The Morgan fingerprint density at radius 3 is 2.62 bits per heavy atom. The molecule has 1 fully saturated rings. The Morgan fingerprint density at radius 2 is 2.00 bits per heavy atom. The molecule has 1 amide bonds. The van der Waals surface area contributed by atoms with E-state index in [0.717, 1.165) is 25.9 Å². The maximum absolute atomic E-state index is 11.7. The van der Waals surface area contributed by atoms with Crippen LogP contribution in [-0.2, 0) is 4.79 Å². The second-order valence-electron chi connectivity index (χ2n) is 3.92. The molecule has 1 rings (SSSR count). The summed E-state index contributed by atoms with van der Waals surface area (Å²) in [5.41, 5.74) is 1.33. The van der Waals surface area contributed by atoms with Gasteiger partial charge in [-0.1, -0.05) is 23.2 Å². The van der Waals surface area contributed by atoms with E-state index in [0.29, 0.717) is 24.5 Å². The molecule has 1 aliphatic heterocycles. The van der Waals surface area contributed by atoms with Gasteiger partial charge in [-0.05, 0) is 19.3 Å². The molecule has 0 bridgehead atoms. The Bertz CT molecular complexity index is 250. The molecule has 5 heteroatoms. The van der Waals surface area contributed by atoms with Gasteiger partial charge in [-0.3, -0.25) is 4.79 Å². The van der Waals surface area contributed by atoms with Crippen molar-refractivity contribution in [1.82, 2.24) is 10.2 Å². The zero-order chi connectivity index (χ0) is 11.8. The van der Waals surface area contributed by atoms with Crippen LogP contribution >= 0.6 is 23.2 Å². The fourth-order valence-electron chi connectivity index (χ4n) is 1.74. The van der Waals surface area contributed by atoms with Crippen LogP contribution in [0.1, 0.15) is 25.7 Å². The second-order valence-corrected chi connectivity index (χ2v) is 4.63. The van der Waals surface area contributed by atoms with Crippen molar-refractivity contribution in [2.45, 2.75) is 25.7 Å². The summed E-state index contributed by atoms with van der Waals surface area (Å²) in [6, 6.07) is 0. The molecule has 1 saturated heterocycles. The topological polar surface area (TPSA) is 32.3 Å². The summed E-state index contributed by atoms with van der Waals surface area (Å²) in [7, 11) is 0. The molecule has 0 spiro atoms. The Labute approximate surface area is 107 Å². The molecule has 16 heavy (non-hydrogen) atoms. The number of carbonyl (C=O) groups is 1. The SMILES string of the molecule is O=C(CCNC/C(Cl)=C\Cl)N1CCCCC1. The van der Waals surface area contributed by atoms with Crippen LogP contribution in [-0.4, -0.2) is 37.0 Å². The first kappa shape index (κ1) is 13.8. The van der Waals surface area contributed by atoms with E-state index in [1.54, 1.807) is 0 Å². The minimum atomic E-state index is 0.234. The van der Waals surface area contributed by atoms with Gasteiger partial charge in [0, 0.05) is 43.2 Å². The Balaban J connectivity index is 2.10. The van der Waals surface area contributed by atoms with Gasteiger partial charge >= 0.3 is 0 Å². The molecule has 1 heterocycles. The van der Waals surface area contributed by atoms with E-state index in [4.69, 9.17) is 23.2 Å². The quantitative estimate of drug-likeness (QED) is 0.773. The summed E-state index contributed by atoms with van der Waals surface area (Å²) < 4.78 is 0. The van der Waals surface area contributed by atoms with Crippen molar-refractivity contribution in [3.8, 4) is 0 Å². The average Bonchev–Trinajstić information content (AvgIpc) is 2.35. The van der Waals surface area contributed by atoms with Crippen molar-refractivity contribution < 1.29 is 4.79 Å². The Kier molecular flexibility index (Phi) is 6.85. The number of piperidine rings is 1. The monoisotopic (exact) mass is 264 g/mol. The number of amides is 1. The van der Waals surface area contributed by atoms with Crippen LogP contribution < -0.4 is 5.32 Å². The van der Waals surface area contributed by atoms with E-state index in [1.165, 1.54) is 12.0 Å². The second kappa shape index (κ2) is 7.93. The number of hydrogen-bond donors (Lipinski definition) is 1. The van der Waals surface area contributed by atoms with Gasteiger partial charge in [-0.2, -0.15) is 0 Å². The lowest BCUT2D eigenvalue weighted by Gasteiger charge is -2.26. The van der Waals surface area contributed by atoms with Gasteiger partial charge in [0.2, 0.25) is 5.91 Å². The highest BCUT2D eigenvalue weighted by molar-refractivity contribution is 6.36. The molecule has 1 N–H and O–H groups in total. The molecule has 92 valence electrons. The number of likely N-dealkylation sites (tertiary alicyclic amines) is 1. The smallest absolute Gasteiger partial charge is 0.223 e. The normalized spacial score (nSPS) is 17.6. The fourth-order valence-corrected chi connectivity index (χ4v) is 1.91. The van der Waals surface area contributed by atoms with Crippen molar-refractivity contribution in [1.29, 1.82) is 0 Å².